The van der Waals surface area contributed by atoms with E-state index in [-0.39, 0.29) is 5.91 Å². The molecule has 4 rings (SSSR count). The number of rotatable bonds is 6. The molecule has 1 atom stereocenters. The van der Waals surface area contributed by atoms with E-state index in [1.54, 1.807) is 7.11 Å². The molecular weight excluding hydrogens is 328 g/mol. The van der Waals surface area contributed by atoms with Gasteiger partial charge in [0.25, 0.3) is 0 Å². The average Bonchev–Trinajstić information content (AvgIpc) is 3.23. The number of fused-ring (bicyclic) bond motifs is 1. The van der Waals surface area contributed by atoms with Crippen molar-refractivity contribution in [3.63, 3.8) is 0 Å². The van der Waals surface area contributed by atoms with E-state index >= 15 is 0 Å². The molecule has 1 fully saturated rings. The molecule has 1 aliphatic rings. The quantitative estimate of drug-likeness (QED) is 0.682. The number of benzene rings is 2. The third-order valence-electron chi connectivity index (χ3n) is 4.86. The van der Waals surface area contributed by atoms with Crippen LogP contribution in [0, 0.1) is 5.92 Å². The largest absolute Gasteiger partial charge is 0.436 e. The topological polar surface area (TPSA) is 55.6 Å². The molecular formula is C21H22N2O3. The number of oxazole rings is 1. The molecule has 0 radical (unpaired) electrons. The zero-order valence-corrected chi connectivity index (χ0v) is 14.9. The number of amides is 1. The molecule has 5 nitrogen and oxygen atoms in total. The predicted octanol–water partition coefficient (Wildman–Crippen LogP) is 3.53. The van der Waals surface area contributed by atoms with E-state index < -0.39 is 0 Å². The summed E-state index contributed by atoms with van der Waals surface area (Å²) < 4.78 is 11.0. The summed E-state index contributed by atoms with van der Waals surface area (Å²) in [5.41, 5.74) is 3.82. The van der Waals surface area contributed by atoms with Crippen LogP contribution in [0.2, 0.25) is 0 Å². The van der Waals surface area contributed by atoms with Gasteiger partial charge >= 0.3 is 0 Å². The number of hydrogen-bond donors (Lipinski definition) is 0. The van der Waals surface area contributed by atoms with E-state index in [2.05, 4.69) is 17.1 Å². The highest BCUT2D eigenvalue weighted by Gasteiger charge is 2.29. The number of carbonyl (C=O) groups excluding carboxylic acids is 1. The van der Waals surface area contributed by atoms with Crippen molar-refractivity contribution >= 4 is 17.0 Å². The lowest BCUT2D eigenvalue weighted by Gasteiger charge is -2.15. The van der Waals surface area contributed by atoms with Gasteiger partial charge in [-0.25, -0.2) is 4.98 Å². The Bertz CT molecular complexity index is 904. The van der Waals surface area contributed by atoms with Crippen LogP contribution in [-0.2, 0) is 16.0 Å². The predicted molar refractivity (Wildman–Crippen MR) is 99.7 cm³/mol. The highest BCUT2D eigenvalue weighted by molar-refractivity contribution is 5.79. The third-order valence-corrected chi connectivity index (χ3v) is 4.86. The number of carbonyl (C=O) groups is 1. The molecule has 0 spiro atoms. The Balaban J connectivity index is 1.49. The van der Waals surface area contributed by atoms with Gasteiger partial charge in [0.05, 0.1) is 6.61 Å². The van der Waals surface area contributed by atoms with Crippen LogP contribution in [0.5, 0.6) is 0 Å². The Morgan fingerprint density at radius 3 is 2.88 bits per heavy atom. The van der Waals surface area contributed by atoms with Crippen LogP contribution < -0.4 is 0 Å². The van der Waals surface area contributed by atoms with Crippen LogP contribution in [0.15, 0.2) is 52.9 Å². The maximum absolute atomic E-state index is 12.1. The summed E-state index contributed by atoms with van der Waals surface area (Å²) in [6.07, 6.45) is 1.48. The molecule has 0 saturated carbocycles. The van der Waals surface area contributed by atoms with E-state index in [0.717, 1.165) is 29.6 Å². The maximum atomic E-state index is 12.1. The van der Waals surface area contributed by atoms with Gasteiger partial charge in [0.2, 0.25) is 11.8 Å². The van der Waals surface area contributed by atoms with Crippen molar-refractivity contribution in [3.05, 3.63) is 54.1 Å². The van der Waals surface area contributed by atoms with E-state index in [9.17, 15) is 4.79 Å². The third kappa shape index (κ3) is 3.48. The minimum absolute atomic E-state index is 0.223. The fourth-order valence-corrected chi connectivity index (χ4v) is 3.55. The summed E-state index contributed by atoms with van der Waals surface area (Å²) in [5.74, 6) is 1.21. The zero-order valence-electron chi connectivity index (χ0n) is 14.9. The lowest BCUT2D eigenvalue weighted by atomic mass is 9.98. The number of nitrogens with zero attached hydrogens (tertiary/aromatic N) is 2. The molecule has 0 N–H and O–H groups in total. The molecule has 26 heavy (non-hydrogen) atoms. The van der Waals surface area contributed by atoms with Crippen LogP contribution in [-0.4, -0.2) is 42.6 Å². The minimum atomic E-state index is 0.223. The fraction of sp³-hybridized carbons (Fsp3) is 0.333. The molecule has 2 heterocycles. The summed E-state index contributed by atoms with van der Waals surface area (Å²) in [6.45, 7) is 2.06. The van der Waals surface area contributed by atoms with E-state index in [1.807, 2.05) is 41.3 Å². The second-order valence-corrected chi connectivity index (χ2v) is 6.79. The summed E-state index contributed by atoms with van der Waals surface area (Å²) in [6, 6.07) is 16.0. The maximum Gasteiger partial charge on any atom is 0.227 e. The summed E-state index contributed by atoms with van der Waals surface area (Å²) in [5, 5.41) is 0. The van der Waals surface area contributed by atoms with Crippen molar-refractivity contribution < 1.29 is 13.9 Å². The molecule has 1 aliphatic heterocycles. The molecule has 5 heteroatoms. The molecule has 1 aromatic heterocycles. The Morgan fingerprint density at radius 2 is 2.08 bits per heavy atom. The summed E-state index contributed by atoms with van der Waals surface area (Å²) >= 11 is 0. The van der Waals surface area contributed by atoms with Gasteiger partial charge in [-0.2, -0.15) is 0 Å². The molecule has 1 saturated heterocycles. The van der Waals surface area contributed by atoms with Crippen molar-refractivity contribution in [3.8, 4) is 11.5 Å². The molecule has 3 aromatic rings. The smallest absolute Gasteiger partial charge is 0.227 e. The SMILES string of the molecule is COCCN1CC(Cc2ccc3oc(-c4ccccc4)nc3c2)CC1=O. The Kier molecular flexibility index (Phi) is 4.71. The second-order valence-electron chi connectivity index (χ2n) is 6.79. The molecule has 134 valence electrons. The first-order valence-electron chi connectivity index (χ1n) is 8.94. The Labute approximate surface area is 152 Å². The van der Waals surface area contributed by atoms with Crippen LogP contribution in [0.25, 0.3) is 22.6 Å². The van der Waals surface area contributed by atoms with Gasteiger partial charge in [-0.1, -0.05) is 24.3 Å². The van der Waals surface area contributed by atoms with Crippen molar-refractivity contribution in [1.82, 2.24) is 9.88 Å². The van der Waals surface area contributed by atoms with Crippen LogP contribution in [0.4, 0.5) is 0 Å². The molecule has 0 bridgehead atoms. The van der Waals surface area contributed by atoms with E-state index in [0.29, 0.717) is 31.4 Å². The Hall–Kier alpha value is -2.66. The van der Waals surface area contributed by atoms with Gasteiger partial charge < -0.3 is 14.1 Å². The van der Waals surface area contributed by atoms with E-state index in [4.69, 9.17) is 9.15 Å². The lowest BCUT2D eigenvalue weighted by Crippen LogP contribution is -2.28. The van der Waals surface area contributed by atoms with Crippen molar-refractivity contribution in [2.45, 2.75) is 12.8 Å². The molecule has 1 amide bonds. The molecule has 2 aromatic carbocycles. The van der Waals surface area contributed by atoms with Gasteiger partial charge in [-0.05, 0) is 42.2 Å². The first kappa shape index (κ1) is 16.8. The first-order chi connectivity index (χ1) is 12.7. The van der Waals surface area contributed by atoms with Gasteiger partial charge in [0.1, 0.15) is 5.52 Å². The normalized spacial score (nSPS) is 17.3. The molecule has 1 unspecified atom stereocenters. The van der Waals surface area contributed by atoms with Gasteiger partial charge in [0, 0.05) is 32.2 Å². The summed E-state index contributed by atoms with van der Waals surface area (Å²) in [7, 11) is 1.66. The van der Waals surface area contributed by atoms with Crippen LogP contribution in [0.3, 0.4) is 0 Å². The first-order valence-corrected chi connectivity index (χ1v) is 8.94. The van der Waals surface area contributed by atoms with Gasteiger partial charge in [-0.15, -0.1) is 0 Å². The standard InChI is InChI=1S/C21H22N2O3/c1-25-10-9-23-14-16(13-20(23)24)11-15-7-8-19-18(12-15)22-21(26-19)17-5-3-2-4-6-17/h2-8,12,16H,9-11,13-14H2,1H3. The average molecular weight is 350 g/mol. The van der Waals surface area contributed by atoms with Crippen molar-refractivity contribution in [2.24, 2.45) is 5.92 Å². The Morgan fingerprint density at radius 1 is 1.23 bits per heavy atom. The van der Waals surface area contributed by atoms with Crippen LogP contribution in [0.1, 0.15) is 12.0 Å². The van der Waals surface area contributed by atoms with Crippen LogP contribution >= 0.6 is 0 Å². The van der Waals surface area contributed by atoms with Crippen molar-refractivity contribution in [1.29, 1.82) is 0 Å². The minimum Gasteiger partial charge on any atom is -0.436 e. The number of methoxy groups -OCH3 is 1. The highest BCUT2D eigenvalue weighted by Crippen LogP contribution is 2.27. The number of hydrogen-bond acceptors (Lipinski definition) is 4. The van der Waals surface area contributed by atoms with Gasteiger partial charge in [0.15, 0.2) is 5.58 Å². The second kappa shape index (κ2) is 7.30. The number of aromatic nitrogens is 1. The number of likely N-dealkylation sites (tertiary alicyclic amines) is 1. The highest BCUT2D eigenvalue weighted by atomic mass is 16.5. The van der Waals surface area contributed by atoms with Gasteiger partial charge in [-0.3, -0.25) is 4.79 Å². The summed E-state index contributed by atoms with van der Waals surface area (Å²) in [4.78, 5) is 18.6. The number of ether oxygens (including phenoxy) is 1. The van der Waals surface area contributed by atoms with Crippen molar-refractivity contribution in [2.75, 3.05) is 26.8 Å². The lowest BCUT2D eigenvalue weighted by molar-refractivity contribution is -0.128. The molecule has 0 aliphatic carbocycles. The zero-order chi connectivity index (χ0) is 17.9. The monoisotopic (exact) mass is 350 g/mol. The fourth-order valence-electron chi connectivity index (χ4n) is 3.55. The van der Waals surface area contributed by atoms with E-state index in [1.165, 1.54) is 5.56 Å².